The number of amides is 3. The molecule has 0 fully saturated rings. The summed E-state index contributed by atoms with van der Waals surface area (Å²) >= 11 is 0. The molecule has 2 N–H and O–H groups in total. The number of rotatable bonds is 2. The maximum atomic E-state index is 11.3. The molecule has 105 valence electrons. The quantitative estimate of drug-likeness (QED) is 0.918. The number of carbonyl (C=O) groups is 2. The summed E-state index contributed by atoms with van der Waals surface area (Å²) < 4.78 is 5.04. The second kappa shape index (κ2) is 5.28. The van der Waals surface area contributed by atoms with E-state index in [1.54, 1.807) is 0 Å². The largest absolute Gasteiger partial charge is 0.447 e. The molecule has 0 saturated carbocycles. The Balaban J connectivity index is 1.85. The summed E-state index contributed by atoms with van der Waals surface area (Å²) in [5, 5.41) is 3.03. The summed E-state index contributed by atoms with van der Waals surface area (Å²) in [5.41, 5.74) is 9.31. The molecule has 21 heavy (non-hydrogen) atoms. The summed E-state index contributed by atoms with van der Waals surface area (Å²) in [5.74, 6) is -0.0515. The van der Waals surface area contributed by atoms with E-state index in [0.29, 0.717) is 0 Å². The Labute approximate surface area is 121 Å². The number of fused-ring (bicyclic) bond motifs is 3. The molecule has 0 aromatic heterocycles. The van der Waals surface area contributed by atoms with Crippen LogP contribution in [0.3, 0.4) is 0 Å². The van der Waals surface area contributed by atoms with Crippen LogP contribution in [-0.4, -0.2) is 18.7 Å². The van der Waals surface area contributed by atoms with Crippen LogP contribution < -0.4 is 11.1 Å². The van der Waals surface area contributed by atoms with E-state index < -0.39 is 12.1 Å². The lowest BCUT2D eigenvalue weighted by atomic mass is 9.98. The van der Waals surface area contributed by atoms with Crippen molar-refractivity contribution in [1.82, 2.24) is 5.32 Å². The second-order valence-corrected chi connectivity index (χ2v) is 4.75. The molecule has 0 atom stereocenters. The first-order valence-electron chi connectivity index (χ1n) is 6.53. The van der Waals surface area contributed by atoms with E-state index in [4.69, 9.17) is 10.5 Å². The smallest absolute Gasteiger partial charge is 0.438 e. The lowest BCUT2D eigenvalue weighted by Gasteiger charge is -2.13. The van der Waals surface area contributed by atoms with Crippen molar-refractivity contribution in [2.45, 2.75) is 5.92 Å². The molecular weight excluding hydrogens is 268 g/mol. The Bertz CT molecular complexity index is 667. The first kappa shape index (κ1) is 13.2. The normalized spacial score (nSPS) is 12.4. The summed E-state index contributed by atoms with van der Waals surface area (Å²) in [4.78, 5) is 21.9. The van der Waals surface area contributed by atoms with E-state index in [2.05, 4.69) is 5.32 Å². The molecule has 0 aliphatic heterocycles. The van der Waals surface area contributed by atoms with Gasteiger partial charge < -0.3 is 10.5 Å². The Hall–Kier alpha value is -2.82. The van der Waals surface area contributed by atoms with Crippen molar-refractivity contribution >= 4 is 12.1 Å². The van der Waals surface area contributed by atoms with Crippen LogP contribution in [0.2, 0.25) is 0 Å². The molecule has 1 aliphatic rings. The molecule has 5 heteroatoms. The molecule has 3 rings (SSSR count). The SMILES string of the molecule is NC(=O)[N]C(=O)OCC1c2ccccc2-c2ccccc21. The highest BCUT2D eigenvalue weighted by atomic mass is 16.5. The average molecular weight is 281 g/mol. The van der Waals surface area contributed by atoms with Crippen LogP contribution in [0.25, 0.3) is 11.1 Å². The van der Waals surface area contributed by atoms with Gasteiger partial charge in [0, 0.05) is 5.92 Å². The number of urea groups is 1. The fraction of sp³-hybridized carbons (Fsp3) is 0.125. The van der Waals surface area contributed by atoms with Crippen molar-refractivity contribution in [2.75, 3.05) is 6.61 Å². The van der Waals surface area contributed by atoms with E-state index >= 15 is 0 Å². The standard InChI is InChI=1S/C16H13N2O3/c17-15(19)18-16(20)21-9-14-12-7-3-1-5-10(12)11-6-2-4-8-13(11)14/h1-8,14H,9H2,(H2,17,19). The van der Waals surface area contributed by atoms with Gasteiger partial charge in [-0.2, -0.15) is 0 Å². The number of hydrogen-bond donors (Lipinski definition) is 1. The zero-order chi connectivity index (χ0) is 14.8. The number of hydrogen-bond acceptors (Lipinski definition) is 3. The van der Waals surface area contributed by atoms with Gasteiger partial charge in [0.15, 0.2) is 0 Å². The van der Waals surface area contributed by atoms with Gasteiger partial charge in [0.2, 0.25) is 0 Å². The van der Waals surface area contributed by atoms with E-state index in [-0.39, 0.29) is 12.5 Å². The van der Waals surface area contributed by atoms with Gasteiger partial charge in [-0.25, -0.2) is 9.59 Å². The van der Waals surface area contributed by atoms with Crippen molar-refractivity contribution < 1.29 is 14.3 Å². The van der Waals surface area contributed by atoms with Gasteiger partial charge in [-0.1, -0.05) is 48.5 Å². The lowest BCUT2D eigenvalue weighted by Crippen LogP contribution is -2.29. The fourth-order valence-corrected chi connectivity index (χ4v) is 2.72. The Kier molecular flexibility index (Phi) is 3.31. The Morgan fingerprint density at radius 3 is 2.05 bits per heavy atom. The van der Waals surface area contributed by atoms with Crippen molar-refractivity contribution in [3.05, 3.63) is 59.7 Å². The van der Waals surface area contributed by atoms with Gasteiger partial charge in [-0.05, 0) is 22.3 Å². The zero-order valence-electron chi connectivity index (χ0n) is 11.2. The Morgan fingerprint density at radius 2 is 1.52 bits per heavy atom. The molecule has 5 nitrogen and oxygen atoms in total. The fourth-order valence-electron chi connectivity index (χ4n) is 2.72. The Morgan fingerprint density at radius 1 is 1.00 bits per heavy atom. The van der Waals surface area contributed by atoms with Crippen molar-refractivity contribution in [2.24, 2.45) is 5.73 Å². The van der Waals surface area contributed by atoms with Crippen LogP contribution >= 0.6 is 0 Å². The minimum Gasteiger partial charge on any atom is -0.447 e. The predicted molar refractivity (Wildman–Crippen MR) is 76.8 cm³/mol. The summed E-state index contributed by atoms with van der Waals surface area (Å²) in [6.07, 6.45) is -0.954. The molecule has 2 aromatic rings. The number of primary amides is 1. The summed E-state index contributed by atoms with van der Waals surface area (Å²) in [6.45, 7) is 0.129. The second-order valence-electron chi connectivity index (χ2n) is 4.75. The third-order valence-electron chi connectivity index (χ3n) is 3.54. The van der Waals surface area contributed by atoms with Crippen LogP contribution in [0.15, 0.2) is 48.5 Å². The molecule has 1 radical (unpaired) electrons. The van der Waals surface area contributed by atoms with Gasteiger partial charge in [-0.3, -0.25) is 0 Å². The molecular formula is C16H13N2O3. The van der Waals surface area contributed by atoms with Crippen LogP contribution in [0.1, 0.15) is 17.0 Å². The van der Waals surface area contributed by atoms with E-state index in [1.807, 2.05) is 48.5 Å². The molecule has 0 bridgehead atoms. The molecule has 0 spiro atoms. The number of nitrogens with zero attached hydrogens (tertiary/aromatic N) is 1. The topological polar surface area (TPSA) is 83.5 Å². The van der Waals surface area contributed by atoms with Crippen LogP contribution in [0.4, 0.5) is 9.59 Å². The minimum absolute atomic E-state index is 0.0515. The zero-order valence-corrected chi connectivity index (χ0v) is 11.2. The molecule has 2 aromatic carbocycles. The number of imide groups is 1. The highest BCUT2D eigenvalue weighted by molar-refractivity contribution is 5.89. The molecule has 1 aliphatic carbocycles. The monoisotopic (exact) mass is 281 g/mol. The highest BCUT2D eigenvalue weighted by Crippen LogP contribution is 2.44. The lowest BCUT2D eigenvalue weighted by molar-refractivity contribution is 0.144. The highest BCUT2D eigenvalue weighted by Gasteiger charge is 2.29. The average Bonchev–Trinajstić information content (AvgIpc) is 2.79. The van der Waals surface area contributed by atoms with Crippen molar-refractivity contribution in [1.29, 1.82) is 0 Å². The first-order valence-corrected chi connectivity index (χ1v) is 6.53. The van der Waals surface area contributed by atoms with Crippen molar-refractivity contribution in [3.8, 4) is 11.1 Å². The number of carbonyl (C=O) groups excluding carboxylic acids is 2. The van der Waals surface area contributed by atoms with Crippen LogP contribution in [-0.2, 0) is 4.74 Å². The van der Waals surface area contributed by atoms with E-state index in [9.17, 15) is 9.59 Å². The van der Waals surface area contributed by atoms with Gasteiger partial charge in [0.1, 0.15) is 6.61 Å². The van der Waals surface area contributed by atoms with E-state index in [1.165, 1.54) is 0 Å². The summed E-state index contributed by atoms with van der Waals surface area (Å²) in [7, 11) is 0. The molecule has 0 unspecified atom stereocenters. The predicted octanol–water partition coefficient (Wildman–Crippen LogP) is 2.62. The van der Waals surface area contributed by atoms with E-state index in [0.717, 1.165) is 22.3 Å². The number of ether oxygens (including phenoxy) is 1. The maximum Gasteiger partial charge on any atom is 0.438 e. The third kappa shape index (κ3) is 2.45. The minimum atomic E-state index is -1.05. The van der Waals surface area contributed by atoms with Crippen molar-refractivity contribution in [3.63, 3.8) is 0 Å². The number of benzene rings is 2. The maximum absolute atomic E-state index is 11.3. The molecule has 0 saturated heterocycles. The third-order valence-corrected chi connectivity index (χ3v) is 3.54. The summed E-state index contributed by atoms with van der Waals surface area (Å²) in [6, 6.07) is 14.9. The van der Waals surface area contributed by atoms with Gasteiger partial charge in [0.05, 0.1) is 0 Å². The number of nitrogens with two attached hydrogens (primary N) is 1. The van der Waals surface area contributed by atoms with Crippen LogP contribution in [0.5, 0.6) is 0 Å². The first-order chi connectivity index (χ1) is 10.2. The van der Waals surface area contributed by atoms with Gasteiger partial charge in [0.25, 0.3) is 0 Å². The molecule has 3 amide bonds. The van der Waals surface area contributed by atoms with Gasteiger partial charge >= 0.3 is 12.1 Å². The molecule has 0 heterocycles. The van der Waals surface area contributed by atoms with Crippen LogP contribution in [0, 0.1) is 0 Å². The van der Waals surface area contributed by atoms with Gasteiger partial charge in [-0.15, -0.1) is 5.32 Å².